The maximum absolute atomic E-state index is 14.1. The van der Waals surface area contributed by atoms with Crippen LogP contribution in [0.2, 0.25) is 5.02 Å². The SMILES string of the molecule is CC(=O)Oc1ccc(C(=O)[C@@H]2[C@H]3C(=O)N(c4ccc(Cl)cc4)C(=O)[C@@H]3[C@H]3C=Cc4ccccc4N32)cc1. The maximum Gasteiger partial charge on any atom is 0.308 e. The molecule has 4 atom stereocenters. The molecule has 3 heterocycles. The molecule has 6 rings (SSSR count). The summed E-state index contributed by atoms with van der Waals surface area (Å²) in [5, 5.41) is 0.492. The van der Waals surface area contributed by atoms with Gasteiger partial charge < -0.3 is 9.64 Å². The summed E-state index contributed by atoms with van der Waals surface area (Å²) in [7, 11) is 0. The molecule has 0 spiro atoms. The van der Waals surface area contributed by atoms with Gasteiger partial charge in [0, 0.05) is 23.2 Å². The van der Waals surface area contributed by atoms with E-state index < -0.39 is 35.8 Å². The minimum Gasteiger partial charge on any atom is -0.427 e. The number of rotatable bonds is 4. The second-order valence-corrected chi connectivity index (χ2v) is 9.72. The number of fused-ring (bicyclic) bond motifs is 5. The molecule has 0 aromatic heterocycles. The second kappa shape index (κ2) is 8.71. The first-order chi connectivity index (χ1) is 17.8. The molecule has 37 heavy (non-hydrogen) atoms. The number of imide groups is 1. The Bertz CT molecular complexity index is 1480. The van der Waals surface area contributed by atoms with E-state index in [1.165, 1.54) is 11.8 Å². The highest BCUT2D eigenvalue weighted by molar-refractivity contribution is 6.31. The van der Waals surface area contributed by atoms with E-state index in [2.05, 4.69) is 0 Å². The number of anilines is 2. The van der Waals surface area contributed by atoms with E-state index >= 15 is 0 Å². The van der Waals surface area contributed by atoms with Gasteiger partial charge in [0.2, 0.25) is 11.8 Å². The van der Waals surface area contributed by atoms with E-state index in [1.807, 2.05) is 41.3 Å². The second-order valence-electron chi connectivity index (χ2n) is 9.28. The number of benzene rings is 3. The zero-order chi connectivity index (χ0) is 25.8. The van der Waals surface area contributed by atoms with Crippen molar-refractivity contribution in [3.63, 3.8) is 0 Å². The molecule has 3 aliphatic rings. The van der Waals surface area contributed by atoms with Crippen LogP contribution in [0.5, 0.6) is 5.75 Å². The van der Waals surface area contributed by atoms with Crippen molar-refractivity contribution in [1.82, 2.24) is 0 Å². The summed E-state index contributed by atoms with van der Waals surface area (Å²) in [5.74, 6) is -2.76. The topological polar surface area (TPSA) is 84.0 Å². The highest BCUT2D eigenvalue weighted by Gasteiger charge is 2.64. The number of para-hydroxylation sites is 1. The van der Waals surface area contributed by atoms with Gasteiger partial charge in [-0.1, -0.05) is 42.0 Å². The molecule has 0 unspecified atom stereocenters. The van der Waals surface area contributed by atoms with Gasteiger partial charge in [0.15, 0.2) is 5.78 Å². The number of ketones is 1. The number of Topliss-reactive ketones (excluding diaryl/α,β-unsaturated/α-hetero) is 1. The van der Waals surface area contributed by atoms with Gasteiger partial charge in [-0.15, -0.1) is 0 Å². The molecule has 2 fully saturated rings. The monoisotopic (exact) mass is 512 g/mol. The molecule has 7 nitrogen and oxygen atoms in total. The normalized spacial score (nSPS) is 23.5. The van der Waals surface area contributed by atoms with Gasteiger partial charge in [-0.25, -0.2) is 4.90 Å². The van der Waals surface area contributed by atoms with Crippen molar-refractivity contribution in [1.29, 1.82) is 0 Å². The van der Waals surface area contributed by atoms with Crippen molar-refractivity contribution >= 4 is 52.6 Å². The number of hydrogen-bond donors (Lipinski definition) is 0. The smallest absolute Gasteiger partial charge is 0.308 e. The minimum absolute atomic E-state index is 0.281. The first kappa shape index (κ1) is 23.2. The number of amides is 2. The van der Waals surface area contributed by atoms with E-state index in [1.54, 1.807) is 48.5 Å². The van der Waals surface area contributed by atoms with Gasteiger partial charge in [-0.2, -0.15) is 0 Å². The van der Waals surface area contributed by atoms with E-state index in [0.717, 1.165) is 11.3 Å². The Balaban J connectivity index is 1.44. The van der Waals surface area contributed by atoms with Crippen molar-refractivity contribution < 1.29 is 23.9 Å². The molecule has 0 saturated carbocycles. The van der Waals surface area contributed by atoms with E-state index in [9.17, 15) is 19.2 Å². The van der Waals surface area contributed by atoms with Gasteiger partial charge in [0.1, 0.15) is 11.8 Å². The molecule has 0 radical (unpaired) electrons. The summed E-state index contributed by atoms with van der Waals surface area (Å²) < 4.78 is 5.09. The lowest BCUT2D eigenvalue weighted by atomic mass is 9.86. The Morgan fingerprint density at radius 1 is 0.865 bits per heavy atom. The Morgan fingerprint density at radius 3 is 2.24 bits per heavy atom. The molecule has 3 aromatic rings. The van der Waals surface area contributed by atoms with Crippen molar-refractivity contribution in [3.05, 3.63) is 95.0 Å². The van der Waals surface area contributed by atoms with Crippen LogP contribution >= 0.6 is 11.6 Å². The van der Waals surface area contributed by atoms with Crippen molar-refractivity contribution in [2.75, 3.05) is 9.80 Å². The van der Waals surface area contributed by atoms with Gasteiger partial charge in [0.25, 0.3) is 0 Å². The number of nitrogens with zero attached hydrogens (tertiary/aromatic N) is 2. The number of ether oxygens (including phenoxy) is 1. The van der Waals surface area contributed by atoms with Crippen LogP contribution in [0, 0.1) is 11.8 Å². The quantitative estimate of drug-likeness (QED) is 0.221. The Kier molecular flexibility index (Phi) is 5.46. The maximum atomic E-state index is 14.1. The third-order valence-corrected chi connectivity index (χ3v) is 7.42. The standard InChI is InChI=1S/C29H21ClN2O5/c1-16(33)37-21-13-6-18(7-14-21)27(34)26-25-24(23-15-8-17-4-2-3-5-22(17)32(23)26)28(35)31(29(25)36)20-11-9-19(30)10-12-20/h2-15,23-26H,1H3/t23-,24-,25+,26+/m1/s1. The van der Waals surface area contributed by atoms with Gasteiger partial charge in [0.05, 0.1) is 23.6 Å². The lowest BCUT2D eigenvalue weighted by Crippen LogP contribution is -2.48. The van der Waals surface area contributed by atoms with E-state index in [0.29, 0.717) is 22.0 Å². The average Bonchev–Trinajstić information content (AvgIpc) is 3.37. The zero-order valence-electron chi connectivity index (χ0n) is 19.7. The Labute approximate surface area is 217 Å². The highest BCUT2D eigenvalue weighted by Crippen LogP contribution is 2.49. The summed E-state index contributed by atoms with van der Waals surface area (Å²) in [6.45, 7) is 1.30. The fraction of sp³-hybridized carbons (Fsp3) is 0.172. The van der Waals surface area contributed by atoms with Crippen LogP contribution in [0.1, 0.15) is 22.8 Å². The van der Waals surface area contributed by atoms with Crippen LogP contribution in [-0.4, -0.2) is 35.7 Å². The summed E-state index contributed by atoms with van der Waals surface area (Å²) in [6, 6.07) is 19.0. The number of carbonyl (C=O) groups is 4. The fourth-order valence-corrected chi connectivity index (χ4v) is 5.81. The molecular weight excluding hydrogens is 492 g/mol. The highest BCUT2D eigenvalue weighted by atomic mass is 35.5. The van der Waals surface area contributed by atoms with Crippen molar-refractivity contribution in [2.45, 2.75) is 19.0 Å². The summed E-state index contributed by atoms with van der Waals surface area (Å²) >= 11 is 6.02. The minimum atomic E-state index is -0.894. The fourth-order valence-electron chi connectivity index (χ4n) is 5.68. The first-order valence-corrected chi connectivity index (χ1v) is 12.2. The van der Waals surface area contributed by atoms with Gasteiger partial charge in [-0.05, 0) is 60.2 Å². The van der Waals surface area contributed by atoms with Crippen molar-refractivity contribution in [3.8, 4) is 5.75 Å². The summed E-state index contributed by atoms with van der Waals surface area (Å²) in [6.07, 6.45) is 3.85. The number of carbonyl (C=O) groups excluding carboxylic acids is 4. The van der Waals surface area contributed by atoms with Crippen LogP contribution in [0.25, 0.3) is 6.08 Å². The zero-order valence-corrected chi connectivity index (χ0v) is 20.5. The molecule has 0 aliphatic carbocycles. The lowest BCUT2D eigenvalue weighted by Gasteiger charge is -2.36. The summed E-state index contributed by atoms with van der Waals surface area (Å²) in [5.41, 5.74) is 2.50. The first-order valence-electron chi connectivity index (χ1n) is 11.9. The van der Waals surface area contributed by atoms with Crippen molar-refractivity contribution in [2.24, 2.45) is 11.8 Å². The lowest BCUT2D eigenvalue weighted by molar-refractivity contribution is -0.132. The molecule has 8 heteroatoms. The number of esters is 1. The molecule has 3 aromatic carbocycles. The molecule has 184 valence electrons. The number of hydrogen-bond acceptors (Lipinski definition) is 6. The molecule has 2 saturated heterocycles. The Morgan fingerprint density at radius 2 is 1.54 bits per heavy atom. The van der Waals surface area contributed by atoms with Crippen LogP contribution < -0.4 is 14.5 Å². The molecule has 0 N–H and O–H groups in total. The van der Waals surface area contributed by atoms with Gasteiger partial charge >= 0.3 is 5.97 Å². The molecule has 3 aliphatic heterocycles. The molecule has 0 bridgehead atoms. The third kappa shape index (κ3) is 3.65. The average molecular weight is 513 g/mol. The predicted octanol–water partition coefficient (Wildman–Crippen LogP) is 4.54. The van der Waals surface area contributed by atoms with Crippen LogP contribution in [0.4, 0.5) is 11.4 Å². The van der Waals surface area contributed by atoms with Crippen LogP contribution in [0.15, 0.2) is 78.9 Å². The number of halogens is 1. The van der Waals surface area contributed by atoms with Crippen LogP contribution in [0.3, 0.4) is 0 Å². The van der Waals surface area contributed by atoms with Gasteiger partial charge in [-0.3, -0.25) is 19.2 Å². The predicted molar refractivity (Wildman–Crippen MR) is 139 cm³/mol. The van der Waals surface area contributed by atoms with E-state index in [4.69, 9.17) is 16.3 Å². The molecular formula is C29H21ClN2O5. The molecule has 2 amide bonds. The third-order valence-electron chi connectivity index (χ3n) is 7.17. The summed E-state index contributed by atoms with van der Waals surface area (Å²) in [4.78, 5) is 56.1. The van der Waals surface area contributed by atoms with Crippen LogP contribution in [-0.2, 0) is 14.4 Å². The van der Waals surface area contributed by atoms with E-state index in [-0.39, 0.29) is 11.7 Å². The largest absolute Gasteiger partial charge is 0.427 e. The Hall–Kier alpha value is -4.23.